The molecular formula is C16H23N2O2. The first-order chi connectivity index (χ1) is 9.58. The van der Waals surface area contributed by atoms with Crippen molar-refractivity contribution in [1.29, 1.82) is 0 Å². The monoisotopic (exact) mass is 275 g/mol. The highest BCUT2D eigenvalue weighted by molar-refractivity contribution is 5.84. The molecule has 0 amide bonds. The summed E-state index contributed by atoms with van der Waals surface area (Å²) < 4.78 is 11.4. The van der Waals surface area contributed by atoms with Crippen molar-refractivity contribution in [3.8, 4) is 5.75 Å². The molecule has 2 aromatic rings. The van der Waals surface area contributed by atoms with E-state index in [1.165, 1.54) is 5.56 Å². The number of H-pyrrole nitrogens is 1. The highest BCUT2D eigenvalue weighted by atomic mass is 16.5. The van der Waals surface area contributed by atoms with E-state index < -0.39 is 0 Å². The highest BCUT2D eigenvalue weighted by Gasteiger charge is 2.11. The van der Waals surface area contributed by atoms with Gasteiger partial charge in [0.05, 0.1) is 18.2 Å². The van der Waals surface area contributed by atoms with E-state index in [2.05, 4.69) is 30.0 Å². The van der Waals surface area contributed by atoms with E-state index in [-0.39, 0.29) is 6.10 Å². The standard InChI is InChI=1S/C16H23N2O2/c1-12(2)19-9-10-20-15-6-5-13-7-8-17-16(13)14(15)11-18(3)4/h5-6,8,12,17H,9-11H2,1-4H3. The molecule has 20 heavy (non-hydrogen) atoms. The normalized spacial score (nSPS) is 11.7. The molecule has 0 spiro atoms. The van der Waals surface area contributed by atoms with Gasteiger partial charge in [-0.3, -0.25) is 0 Å². The lowest BCUT2D eigenvalue weighted by Crippen LogP contribution is -2.15. The summed E-state index contributed by atoms with van der Waals surface area (Å²) in [6.07, 6.45) is 2.08. The molecule has 1 N–H and O–H groups in total. The lowest BCUT2D eigenvalue weighted by Gasteiger charge is -2.16. The first kappa shape index (κ1) is 14.9. The number of benzene rings is 1. The van der Waals surface area contributed by atoms with Gasteiger partial charge in [0, 0.05) is 29.8 Å². The topological polar surface area (TPSA) is 37.5 Å². The van der Waals surface area contributed by atoms with Gasteiger partial charge in [0.1, 0.15) is 12.4 Å². The average Bonchev–Trinajstić information content (AvgIpc) is 2.84. The Morgan fingerprint density at radius 3 is 2.75 bits per heavy atom. The fourth-order valence-electron chi connectivity index (χ4n) is 2.14. The van der Waals surface area contributed by atoms with Crippen LogP contribution in [0.5, 0.6) is 5.75 Å². The summed E-state index contributed by atoms with van der Waals surface area (Å²) in [4.78, 5) is 5.38. The third-order valence-corrected chi connectivity index (χ3v) is 2.98. The highest BCUT2D eigenvalue weighted by Crippen LogP contribution is 2.27. The van der Waals surface area contributed by atoms with E-state index in [1.807, 2.05) is 32.2 Å². The van der Waals surface area contributed by atoms with Crippen LogP contribution in [0.15, 0.2) is 18.3 Å². The lowest BCUT2D eigenvalue weighted by molar-refractivity contribution is 0.0550. The SMILES string of the molecule is CC(C)OCCOc1ccc2[c]c[nH]c2c1CN(C)C. The molecule has 0 fully saturated rings. The first-order valence-electron chi connectivity index (χ1n) is 6.97. The van der Waals surface area contributed by atoms with Gasteiger partial charge in [-0.1, -0.05) is 0 Å². The summed E-state index contributed by atoms with van der Waals surface area (Å²) in [5.41, 5.74) is 2.26. The Kier molecular flexibility index (Phi) is 5.04. The van der Waals surface area contributed by atoms with Gasteiger partial charge < -0.3 is 19.4 Å². The van der Waals surface area contributed by atoms with Crippen molar-refractivity contribution in [2.75, 3.05) is 27.3 Å². The largest absolute Gasteiger partial charge is 0.491 e. The number of ether oxygens (including phenoxy) is 2. The van der Waals surface area contributed by atoms with E-state index in [1.54, 1.807) is 0 Å². The van der Waals surface area contributed by atoms with Crippen LogP contribution in [0, 0.1) is 6.07 Å². The van der Waals surface area contributed by atoms with Crippen molar-refractivity contribution in [2.24, 2.45) is 0 Å². The Morgan fingerprint density at radius 2 is 2.05 bits per heavy atom. The molecule has 0 saturated heterocycles. The van der Waals surface area contributed by atoms with Gasteiger partial charge in [-0.05, 0) is 40.1 Å². The van der Waals surface area contributed by atoms with Crippen LogP contribution < -0.4 is 4.74 Å². The molecule has 0 unspecified atom stereocenters. The van der Waals surface area contributed by atoms with E-state index in [9.17, 15) is 0 Å². The van der Waals surface area contributed by atoms with Crippen molar-refractivity contribution in [1.82, 2.24) is 9.88 Å². The van der Waals surface area contributed by atoms with Gasteiger partial charge in [-0.15, -0.1) is 0 Å². The maximum atomic E-state index is 5.88. The van der Waals surface area contributed by atoms with Crippen molar-refractivity contribution in [3.63, 3.8) is 0 Å². The fourth-order valence-corrected chi connectivity index (χ4v) is 2.14. The Morgan fingerprint density at radius 1 is 1.25 bits per heavy atom. The molecule has 2 rings (SSSR count). The van der Waals surface area contributed by atoms with Crippen LogP contribution in [-0.2, 0) is 11.3 Å². The van der Waals surface area contributed by atoms with Crippen molar-refractivity contribution >= 4 is 10.9 Å². The fraction of sp³-hybridized carbons (Fsp3) is 0.500. The number of hydrogen-bond donors (Lipinski definition) is 1. The molecule has 0 aliphatic rings. The zero-order valence-corrected chi connectivity index (χ0v) is 12.7. The smallest absolute Gasteiger partial charge is 0.126 e. The van der Waals surface area contributed by atoms with Gasteiger partial charge >= 0.3 is 0 Å². The predicted molar refractivity (Wildman–Crippen MR) is 81.1 cm³/mol. The van der Waals surface area contributed by atoms with Crippen LogP contribution in [-0.4, -0.2) is 43.3 Å². The summed E-state index contributed by atoms with van der Waals surface area (Å²) in [5, 5.41) is 1.09. The third kappa shape index (κ3) is 3.74. The van der Waals surface area contributed by atoms with Gasteiger partial charge in [-0.25, -0.2) is 0 Å². The minimum absolute atomic E-state index is 0.236. The van der Waals surface area contributed by atoms with Gasteiger partial charge in [0.2, 0.25) is 0 Å². The molecule has 4 nitrogen and oxygen atoms in total. The zero-order valence-electron chi connectivity index (χ0n) is 12.7. The van der Waals surface area contributed by atoms with Gasteiger partial charge in [0.25, 0.3) is 0 Å². The number of aromatic amines is 1. The Hall–Kier alpha value is -1.52. The van der Waals surface area contributed by atoms with E-state index in [0.29, 0.717) is 13.2 Å². The summed E-state index contributed by atoms with van der Waals surface area (Å²) in [6.45, 7) is 6.05. The lowest BCUT2D eigenvalue weighted by atomic mass is 10.1. The summed E-state index contributed by atoms with van der Waals surface area (Å²) in [6, 6.07) is 7.23. The van der Waals surface area contributed by atoms with Crippen LogP contribution >= 0.6 is 0 Å². The quantitative estimate of drug-likeness (QED) is 0.790. The molecular weight excluding hydrogens is 252 g/mol. The Bertz CT molecular complexity index is 546. The second-order valence-electron chi connectivity index (χ2n) is 5.40. The minimum Gasteiger partial charge on any atom is -0.491 e. The third-order valence-electron chi connectivity index (χ3n) is 2.98. The van der Waals surface area contributed by atoms with Crippen LogP contribution in [0.1, 0.15) is 19.4 Å². The molecule has 4 heteroatoms. The number of nitrogens with zero attached hydrogens (tertiary/aromatic N) is 1. The molecule has 0 atom stereocenters. The van der Waals surface area contributed by atoms with E-state index >= 15 is 0 Å². The van der Waals surface area contributed by atoms with Gasteiger partial charge in [0.15, 0.2) is 0 Å². The molecule has 0 aliphatic heterocycles. The second kappa shape index (κ2) is 6.77. The number of rotatable bonds is 7. The predicted octanol–water partition coefficient (Wildman–Crippen LogP) is 2.83. The average molecular weight is 275 g/mol. The molecule has 1 aromatic heterocycles. The van der Waals surface area contributed by atoms with Crippen molar-refractivity contribution in [2.45, 2.75) is 26.5 Å². The molecule has 1 aromatic carbocycles. The number of aromatic nitrogens is 1. The number of nitrogens with one attached hydrogen (secondary N) is 1. The van der Waals surface area contributed by atoms with E-state index in [0.717, 1.165) is 23.2 Å². The van der Waals surface area contributed by atoms with E-state index in [4.69, 9.17) is 9.47 Å². The van der Waals surface area contributed by atoms with Crippen LogP contribution in [0.25, 0.3) is 10.9 Å². The van der Waals surface area contributed by atoms with Gasteiger partial charge in [-0.2, -0.15) is 0 Å². The zero-order chi connectivity index (χ0) is 14.5. The molecule has 0 bridgehead atoms. The summed E-state index contributed by atoms with van der Waals surface area (Å²) in [5.74, 6) is 0.911. The first-order valence-corrected chi connectivity index (χ1v) is 6.97. The molecule has 0 aliphatic carbocycles. The maximum absolute atomic E-state index is 5.88. The van der Waals surface area contributed by atoms with Crippen LogP contribution in [0.3, 0.4) is 0 Å². The van der Waals surface area contributed by atoms with Crippen LogP contribution in [0.4, 0.5) is 0 Å². The number of hydrogen-bond acceptors (Lipinski definition) is 3. The Labute approximate surface area is 120 Å². The minimum atomic E-state index is 0.236. The summed E-state index contributed by atoms with van der Waals surface area (Å²) in [7, 11) is 4.11. The maximum Gasteiger partial charge on any atom is 0.126 e. The molecule has 0 saturated carbocycles. The van der Waals surface area contributed by atoms with Crippen molar-refractivity contribution < 1.29 is 9.47 Å². The number of fused-ring (bicyclic) bond motifs is 1. The molecule has 109 valence electrons. The Balaban J connectivity index is 2.14. The summed E-state index contributed by atoms with van der Waals surface area (Å²) >= 11 is 0. The molecule has 1 radical (unpaired) electrons. The molecule has 1 heterocycles. The van der Waals surface area contributed by atoms with Crippen molar-refractivity contribution in [3.05, 3.63) is 30.0 Å². The second-order valence-corrected chi connectivity index (χ2v) is 5.40. The van der Waals surface area contributed by atoms with Crippen LogP contribution in [0.2, 0.25) is 0 Å².